The van der Waals surface area contributed by atoms with Crippen LogP contribution in [0.15, 0.2) is 37.1 Å². The first kappa shape index (κ1) is 6.53. The summed E-state index contributed by atoms with van der Waals surface area (Å²) in [6, 6.07) is -0.628. The van der Waals surface area contributed by atoms with Gasteiger partial charge in [0.05, 0.1) is 5.57 Å². The van der Waals surface area contributed by atoms with Gasteiger partial charge < -0.3 is 0 Å². The van der Waals surface area contributed by atoms with Crippen molar-refractivity contribution in [1.29, 1.82) is 0 Å². The van der Waals surface area contributed by atoms with Crippen molar-refractivity contribution < 1.29 is 4.79 Å². The summed E-state index contributed by atoms with van der Waals surface area (Å²) in [5.74, 6) is 0.644. The van der Waals surface area contributed by atoms with E-state index in [-0.39, 0.29) is 5.78 Å². The second-order valence-corrected chi connectivity index (χ2v) is 2.72. The molecule has 0 aromatic carbocycles. The molecule has 62 valence electrons. The lowest BCUT2D eigenvalue weighted by Crippen LogP contribution is -2.33. The number of amidine groups is 2. The maximum absolute atomic E-state index is 11.6. The number of fused-ring (bicyclic) bond motifs is 2. The van der Waals surface area contributed by atoms with Gasteiger partial charge in [0.25, 0.3) is 0 Å². The molecule has 6 heteroatoms. The van der Waals surface area contributed by atoms with Crippen molar-refractivity contribution in [2.45, 2.75) is 6.04 Å². The van der Waals surface area contributed by atoms with E-state index in [0.717, 1.165) is 0 Å². The van der Waals surface area contributed by atoms with Gasteiger partial charge in [-0.15, -0.1) is 10.2 Å². The fourth-order valence-electron chi connectivity index (χ4n) is 1.35. The molecule has 0 spiro atoms. The Morgan fingerprint density at radius 3 is 3.23 bits per heavy atom. The number of allylic oxidation sites excluding steroid dienone is 1. The second-order valence-electron chi connectivity index (χ2n) is 2.72. The van der Waals surface area contributed by atoms with Crippen molar-refractivity contribution in [2.24, 2.45) is 25.4 Å². The molecule has 0 amide bonds. The van der Waals surface area contributed by atoms with Crippen LogP contribution in [-0.4, -0.2) is 29.7 Å². The lowest BCUT2D eigenvalue weighted by Gasteiger charge is -2.11. The van der Waals surface area contributed by atoms with Crippen LogP contribution < -0.4 is 0 Å². The Morgan fingerprint density at radius 2 is 2.31 bits per heavy atom. The molecule has 0 aliphatic carbocycles. The van der Waals surface area contributed by atoms with Crippen molar-refractivity contribution in [3.63, 3.8) is 0 Å². The van der Waals surface area contributed by atoms with Crippen LogP contribution in [-0.2, 0) is 4.79 Å². The lowest BCUT2D eigenvalue weighted by atomic mass is 10.0. The van der Waals surface area contributed by atoms with Crippen molar-refractivity contribution in [3.8, 4) is 0 Å². The molecule has 3 heterocycles. The van der Waals surface area contributed by atoms with Crippen molar-refractivity contribution in [1.82, 2.24) is 0 Å². The minimum Gasteiger partial charge on any atom is -0.291 e. The van der Waals surface area contributed by atoms with Crippen LogP contribution >= 0.6 is 0 Å². The minimum atomic E-state index is -0.628. The molecule has 13 heavy (non-hydrogen) atoms. The number of carbonyl (C=O) groups is 1. The molecule has 3 aliphatic heterocycles. The van der Waals surface area contributed by atoms with Gasteiger partial charge in [0.1, 0.15) is 0 Å². The van der Waals surface area contributed by atoms with Gasteiger partial charge in [0.15, 0.2) is 17.7 Å². The number of carbonyl (C=O) groups excluding carboxylic acids is 1. The number of nitrogens with zero attached hydrogens (tertiary/aromatic N) is 5. The second kappa shape index (κ2) is 2.03. The van der Waals surface area contributed by atoms with Crippen LogP contribution in [0.5, 0.6) is 0 Å². The molecule has 0 bridgehead atoms. The number of ketones is 1. The Bertz CT molecular complexity index is 454. The summed E-state index contributed by atoms with van der Waals surface area (Å²) in [4.78, 5) is 19.6. The first-order valence-corrected chi connectivity index (χ1v) is 3.71. The summed E-state index contributed by atoms with van der Waals surface area (Å²) < 4.78 is 0. The van der Waals surface area contributed by atoms with Crippen LogP contribution in [0.4, 0.5) is 0 Å². The van der Waals surface area contributed by atoms with Gasteiger partial charge in [0.2, 0.25) is 5.78 Å². The summed E-state index contributed by atoms with van der Waals surface area (Å²) in [5, 5.41) is 10.7. The number of aliphatic imine (C=N–C) groups is 2. The summed E-state index contributed by atoms with van der Waals surface area (Å²) in [6.07, 6.45) is 3.18. The van der Waals surface area contributed by atoms with Gasteiger partial charge in [-0.05, 0) is 11.3 Å². The monoisotopic (exact) mass is 173 g/mol. The van der Waals surface area contributed by atoms with E-state index in [0.29, 0.717) is 17.2 Å². The van der Waals surface area contributed by atoms with Crippen LogP contribution in [0.25, 0.3) is 0 Å². The Labute approximate surface area is 72.5 Å². The molecular weight excluding hydrogens is 170 g/mol. The zero-order chi connectivity index (χ0) is 8.84. The normalized spacial score (nSPS) is 28.2. The molecule has 3 rings (SSSR count). The van der Waals surface area contributed by atoms with E-state index in [2.05, 4.69) is 25.4 Å². The quantitative estimate of drug-likeness (QED) is 0.512. The highest BCUT2D eigenvalue weighted by atomic mass is 16.1. The molecular formula is C7H3N5O. The predicted molar refractivity (Wildman–Crippen MR) is 45.1 cm³/mol. The summed E-state index contributed by atoms with van der Waals surface area (Å²) >= 11 is 0. The topological polar surface area (TPSA) is 78.9 Å². The van der Waals surface area contributed by atoms with Gasteiger partial charge in [0, 0.05) is 6.21 Å². The summed E-state index contributed by atoms with van der Waals surface area (Å²) in [6.45, 7) is 0. The SMILES string of the molecule is O=C1C2=CC=NC2=NC2=NN=NC12. The summed E-state index contributed by atoms with van der Waals surface area (Å²) in [7, 11) is 0. The van der Waals surface area contributed by atoms with E-state index in [1.807, 2.05) is 0 Å². The van der Waals surface area contributed by atoms with E-state index in [1.54, 1.807) is 12.3 Å². The molecule has 0 saturated heterocycles. The molecule has 0 aromatic heterocycles. The van der Waals surface area contributed by atoms with Gasteiger partial charge in [-0.3, -0.25) is 4.79 Å². The smallest absolute Gasteiger partial charge is 0.201 e. The highest BCUT2D eigenvalue weighted by Crippen LogP contribution is 2.21. The van der Waals surface area contributed by atoms with E-state index in [4.69, 9.17) is 0 Å². The minimum absolute atomic E-state index is 0.123. The standard InChI is InChI=1S/C7H3N5O/c13-5-3-1-2-8-6(3)9-7-4(5)10-12-11-7/h1-2,4H. The third-order valence-corrected chi connectivity index (χ3v) is 1.97. The third kappa shape index (κ3) is 0.715. The zero-order valence-electron chi connectivity index (χ0n) is 6.38. The first-order valence-electron chi connectivity index (χ1n) is 3.71. The molecule has 1 atom stereocenters. The maximum atomic E-state index is 11.6. The van der Waals surface area contributed by atoms with E-state index < -0.39 is 6.04 Å². The van der Waals surface area contributed by atoms with Gasteiger partial charge >= 0.3 is 0 Å². The van der Waals surface area contributed by atoms with Crippen LogP contribution in [0, 0.1) is 0 Å². The Hall–Kier alpha value is -1.98. The van der Waals surface area contributed by atoms with Gasteiger partial charge in [-0.1, -0.05) is 0 Å². The van der Waals surface area contributed by atoms with Crippen molar-refractivity contribution in [3.05, 3.63) is 11.6 Å². The Morgan fingerprint density at radius 1 is 1.38 bits per heavy atom. The molecule has 0 N–H and O–H groups in total. The fourth-order valence-corrected chi connectivity index (χ4v) is 1.35. The first-order chi connectivity index (χ1) is 6.36. The zero-order valence-corrected chi connectivity index (χ0v) is 6.38. The van der Waals surface area contributed by atoms with E-state index >= 15 is 0 Å². The molecule has 1 unspecified atom stereocenters. The number of hydrogen-bond donors (Lipinski definition) is 0. The highest BCUT2D eigenvalue weighted by molar-refractivity contribution is 6.38. The summed E-state index contributed by atoms with van der Waals surface area (Å²) in [5.41, 5.74) is 0.504. The van der Waals surface area contributed by atoms with Crippen LogP contribution in [0.2, 0.25) is 0 Å². The van der Waals surface area contributed by atoms with Crippen LogP contribution in [0.3, 0.4) is 0 Å². The predicted octanol–water partition coefficient (Wildman–Crippen LogP) is 0.126. The molecule has 0 radical (unpaired) electrons. The van der Waals surface area contributed by atoms with Crippen molar-refractivity contribution >= 4 is 23.7 Å². The molecule has 0 fully saturated rings. The maximum Gasteiger partial charge on any atom is 0.201 e. The molecule has 0 aromatic rings. The average Bonchev–Trinajstić information content (AvgIpc) is 2.71. The van der Waals surface area contributed by atoms with E-state index in [1.165, 1.54) is 0 Å². The highest BCUT2D eigenvalue weighted by Gasteiger charge is 2.37. The number of rotatable bonds is 0. The van der Waals surface area contributed by atoms with Crippen molar-refractivity contribution in [2.75, 3.05) is 0 Å². The molecule has 3 aliphatic rings. The average molecular weight is 173 g/mol. The van der Waals surface area contributed by atoms with Gasteiger partial charge in [-0.2, -0.15) is 0 Å². The largest absolute Gasteiger partial charge is 0.291 e. The number of hydrogen-bond acceptors (Lipinski definition) is 6. The lowest BCUT2D eigenvalue weighted by molar-refractivity contribution is -0.115. The molecule has 6 nitrogen and oxygen atoms in total. The van der Waals surface area contributed by atoms with E-state index in [9.17, 15) is 4.79 Å². The fraction of sp³-hybridized carbons (Fsp3) is 0.143. The van der Waals surface area contributed by atoms with Gasteiger partial charge in [-0.25, -0.2) is 9.98 Å². The van der Waals surface area contributed by atoms with Crippen LogP contribution in [0.1, 0.15) is 0 Å². The Kier molecular flexibility index (Phi) is 1.02. The molecule has 0 saturated carbocycles. The Balaban J connectivity index is 2.21. The number of Topliss-reactive ketones (excluding diaryl/α,β-unsaturated/α-hetero) is 1. The third-order valence-electron chi connectivity index (χ3n) is 1.97.